The number of H-pyrrole nitrogens is 1. The van der Waals surface area contributed by atoms with Crippen molar-refractivity contribution in [2.45, 2.75) is 44.7 Å². The molecule has 5 rings (SSSR count). The summed E-state index contributed by atoms with van der Waals surface area (Å²) in [5, 5.41) is 6.74. The minimum atomic E-state index is -4.69. The van der Waals surface area contributed by atoms with E-state index in [-0.39, 0.29) is 46.6 Å². The van der Waals surface area contributed by atoms with Crippen LogP contribution in [0.3, 0.4) is 0 Å². The van der Waals surface area contributed by atoms with Gasteiger partial charge in [0.1, 0.15) is 6.17 Å². The standard InChI is InChI=1S/C26H23ClF4N4O2S/c1-13(2)34-11-20(28)22(12-34)35-24(36)23(38-25(35)37)18(14-4-6-21-16(7-14)10-32-33-21)8-15-3-5-17(27)9-19(15)26(29,30)31/h3-7,9-10,13,20,22H,8,11-12H2,1-2H3,(H,32,33)/b23-18-/t20-,22-/m0/s1. The van der Waals surface area contributed by atoms with E-state index < -0.39 is 35.1 Å². The number of carbonyl (C=O) groups is 2. The van der Waals surface area contributed by atoms with Crippen LogP contribution in [0.5, 0.6) is 0 Å². The SMILES string of the molecule is CC(C)N1C[C@H](F)[C@@H](N2C(=O)S/C(=C(/Cc3ccc(Cl)cc3C(F)(F)F)c3ccc4[nH]ncc4c3)C2=O)C1. The van der Waals surface area contributed by atoms with Crippen LogP contribution in [0, 0.1) is 0 Å². The van der Waals surface area contributed by atoms with Crippen LogP contribution in [0.2, 0.25) is 5.02 Å². The van der Waals surface area contributed by atoms with Crippen molar-refractivity contribution in [3.63, 3.8) is 0 Å². The number of hydrogen-bond donors (Lipinski definition) is 1. The van der Waals surface area contributed by atoms with Crippen molar-refractivity contribution >= 4 is 51.0 Å². The van der Waals surface area contributed by atoms with Crippen molar-refractivity contribution in [3.05, 3.63) is 69.2 Å². The number of imide groups is 1. The summed E-state index contributed by atoms with van der Waals surface area (Å²) in [6.45, 7) is 4.08. The first-order valence-electron chi connectivity index (χ1n) is 11.9. The van der Waals surface area contributed by atoms with Gasteiger partial charge in [0.05, 0.1) is 28.2 Å². The summed E-state index contributed by atoms with van der Waals surface area (Å²) < 4.78 is 56.7. The second kappa shape index (κ2) is 10.0. The molecule has 2 fully saturated rings. The molecular weight excluding hydrogens is 544 g/mol. The molecule has 0 spiro atoms. The Labute approximate surface area is 225 Å². The van der Waals surface area contributed by atoms with Crippen molar-refractivity contribution in [1.29, 1.82) is 0 Å². The van der Waals surface area contributed by atoms with Crippen LogP contribution in [0.4, 0.5) is 22.4 Å². The molecule has 12 heteroatoms. The lowest BCUT2D eigenvalue weighted by atomic mass is 9.93. The number of nitrogens with zero attached hydrogens (tertiary/aromatic N) is 3. The minimum Gasteiger partial charge on any atom is -0.296 e. The fraction of sp³-hybridized carbons (Fsp3) is 0.346. The van der Waals surface area contributed by atoms with Gasteiger partial charge in [-0.25, -0.2) is 4.39 Å². The number of fused-ring (bicyclic) bond motifs is 1. The van der Waals surface area contributed by atoms with Gasteiger partial charge in [0.25, 0.3) is 11.1 Å². The normalized spacial score (nSPS) is 22.4. The first-order chi connectivity index (χ1) is 17.9. The molecule has 0 bridgehead atoms. The highest BCUT2D eigenvalue weighted by Gasteiger charge is 2.48. The van der Waals surface area contributed by atoms with Crippen LogP contribution in [0.1, 0.15) is 30.5 Å². The lowest BCUT2D eigenvalue weighted by Crippen LogP contribution is -2.45. The van der Waals surface area contributed by atoms with E-state index in [0.29, 0.717) is 28.2 Å². The average molecular weight is 567 g/mol. The molecule has 2 atom stereocenters. The molecule has 1 aromatic heterocycles. The monoisotopic (exact) mass is 566 g/mol. The third-order valence-corrected chi connectivity index (χ3v) is 8.15. The zero-order valence-electron chi connectivity index (χ0n) is 20.4. The Morgan fingerprint density at radius 1 is 1.18 bits per heavy atom. The zero-order valence-corrected chi connectivity index (χ0v) is 21.9. The van der Waals surface area contributed by atoms with Crippen LogP contribution >= 0.6 is 23.4 Å². The molecule has 3 aromatic rings. The maximum atomic E-state index is 15.0. The van der Waals surface area contributed by atoms with Gasteiger partial charge in [-0.05, 0) is 73.0 Å². The molecule has 3 heterocycles. The predicted octanol–water partition coefficient (Wildman–Crippen LogP) is 6.32. The molecule has 1 N–H and O–H groups in total. The molecule has 2 aromatic carbocycles. The third-order valence-electron chi connectivity index (χ3n) is 6.92. The van der Waals surface area contributed by atoms with Crippen LogP contribution < -0.4 is 0 Å². The molecule has 38 heavy (non-hydrogen) atoms. The predicted molar refractivity (Wildman–Crippen MR) is 138 cm³/mol. The van der Waals surface area contributed by atoms with E-state index in [1.807, 2.05) is 18.7 Å². The highest BCUT2D eigenvalue weighted by Crippen LogP contribution is 2.43. The van der Waals surface area contributed by atoms with Crippen molar-refractivity contribution in [2.75, 3.05) is 13.1 Å². The topological polar surface area (TPSA) is 69.3 Å². The molecule has 200 valence electrons. The summed E-state index contributed by atoms with van der Waals surface area (Å²) in [4.78, 5) is 29.5. The summed E-state index contributed by atoms with van der Waals surface area (Å²) in [6.07, 6.45) is -4.86. The molecule has 2 aliphatic heterocycles. The maximum absolute atomic E-state index is 15.0. The number of halogens is 5. The molecule has 2 saturated heterocycles. The number of aromatic amines is 1. The lowest BCUT2D eigenvalue weighted by molar-refractivity contribution is -0.138. The largest absolute Gasteiger partial charge is 0.416 e. The Morgan fingerprint density at radius 3 is 2.63 bits per heavy atom. The number of amides is 2. The molecule has 6 nitrogen and oxygen atoms in total. The van der Waals surface area contributed by atoms with Crippen LogP contribution in [0.25, 0.3) is 16.5 Å². The molecule has 2 amide bonds. The number of nitrogens with one attached hydrogen (secondary N) is 1. The number of alkyl halides is 4. The first-order valence-corrected chi connectivity index (χ1v) is 13.1. The van der Waals surface area contributed by atoms with Gasteiger partial charge in [-0.2, -0.15) is 18.3 Å². The van der Waals surface area contributed by atoms with E-state index in [9.17, 15) is 27.2 Å². The van der Waals surface area contributed by atoms with Gasteiger partial charge >= 0.3 is 6.18 Å². The number of hydrogen-bond acceptors (Lipinski definition) is 5. The van der Waals surface area contributed by atoms with Crippen molar-refractivity contribution in [1.82, 2.24) is 20.0 Å². The van der Waals surface area contributed by atoms with Gasteiger partial charge in [-0.1, -0.05) is 23.7 Å². The van der Waals surface area contributed by atoms with Crippen molar-refractivity contribution in [2.24, 2.45) is 0 Å². The number of thioether (sulfide) groups is 1. The second-order valence-electron chi connectivity index (χ2n) is 9.63. The zero-order chi connectivity index (χ0) is 27.4. The number of rotatable bonds is 5. The maximum Gasteiger partial charge on any atom is 0.416 e. The lowest BCUT2D eigenvalue weighted by Gasteiger charge is -2.24. The van der Waals surface area contributed by atoms with Gasteiger partial charge in [0.2, 0.25) is 0 Å². The van der Waals surface area contributed by atoms with E-state index in [2.05, 4.69) is 10.2 Å². The van der Waals surface area contributed by atoms with Gasteiger partial charge in [0.15, 0.2) is 0 Å². The molecule has 0 aliphatic carbocycles. The van der Waals surface area contributed by atoms with Gasteiger partial charge < -0.3 is 0 Å². The van der Waals surface area contributed by atoms with Crippen LogP contribution in [-0.4, -0.2) is 62.5 Å². The number of carbonyl (C=O) groups excluding carboxylic acids is 2. The molecule has 2 aliphatic rings. The summed E-state index contributed by atoms with van der Waals surface area (Å²) >= 11 is 6.49. The second-order valence-corrected chi connectivity index (χ2v) is 11.0. The molecule has 0 radical (unpaired) electrons. The van der Waals surface area contributed by atoms with Crippen LogP contribution in [-0.2, 0) is 17.4 Å². The smallest absolute Gasteiger partial charge is 0.296 e. The molecular formula is C26H23ClF4N4O2S. The van der Waals surface area contributed by atoms with Gasteiger partial charge in [-0.3, -0.25) is 24.5 Å². The van der Waals surface area contributed by atoms with Gasteiger partial charge in [0, 0.05) is 29.5 Å². The van der Waals surface area contributed by atoms with E-state index in [1.165, 1.54) is 12.1 Å². The number of benzene rings is 2. The Balaban J connectivity index is 1.61. The number of aromatic nitrogens is 2. The van der Waals surface area contributed by atoms with Crippen molar-refractivity contribution in [3.8, 4) is 0 Å². The number of likely N-dealkylation sites (tertiary alicyclic amines) is 1. The third kappa shape index (κ3) is 4.94. The average Bonchev–Trinajstić information content (AvgIpc) is 3.54. The fourth-order valence-corrected chi connectivity index (χ4v) is 6.05. The minimum absolute atomic E-state index is 0.0175. The Hall–Kier alpha value is -2.89. The van der Waals surface area contributed by atoms with E-state index >= 15 is 0 Å². The van der Waals surface area contributed by atoms with E-state index in [0.717, 1.165) is 11.0 Å². The first kappa shape index (κ1) is 26.7. The Morgan fingerprint density at radius 2 is 1.95 bits per heavy atom. The van der Waals surface area contributed by atoms with E-state index in [1.54, 1.807) is 24.4 Å². The highest BCUT2D eigenvalue weighted by atomic mass is 35.5. The van der Waals surface area contributed by atoms with Crippen molar-refractivity contribution < 1.29 is 27.2 Å². The quantitative estimate of drug-likeness (QED) is 0.289. The summed E-state index contributed by atoms with van der Waals surface area (Å²) in [5.41, 5.74) is 0.355. The van der Waals surface area contributed by atoms with E-state index in [4.69, 9.17) is 11.6 Å². The highest BCUT2D eigenvalue weighted by molar-refractivity contribution is 8.18. The Kier molecular flexibility index (Phi) is 7.04. The molecule has 0 saturated carbocycles. The fourth-order valence-electron chi connectivity index (χ4n) is 4.89. The molecule has 0 unspecified atom stereocenters. The van der Waals surface area contributed by atoms with Gasteiger partial charge in [-0.15, -0.1) is 0 Å². The summed E-state index contributed by atoms with van der Waals surface area (Å²) in [6, 6.07) is 7.55. The number of allylic oxidation sites excluding steroid dienone is 1. The Bertz CT molecular complexity index is 1450. The summed E-state index contributed by atoms with van der Waals surface area (Å²) in [7, 11) is 0. The summed E-state index contributed by atoms with van der Waals surface area (Å²) in [5.74, 6) is -0.705. The van der Waals surface area contributed by atoms with Crippen LogP contribution in [0.15, 0.2) is 47.5 Å².